The van der Waals surface area contributed by atoms with Crippen LogP contribution in [-0.2, 0) is 0 Å². The van der Waals surface area contributed by atoms with Gasteiger partial charge in [0.25, 0.3) is 0 Å². The van der Waals surface area contributed by atoms with Gasteiger partial charge in [-0.3, -0.25) is 0 Å². The quantitative estimate of drug-likeness (QED) is 0.531. The van der Waals surface area contributed by atoms with E-state index in [1.165, 1.54) is 0 Å². The summed E-state index contributed by atoms with van der Waals surface area (Å²) >= 11 is 0. The zero-order valence-electron chi connectivity index (χ0n) is 5.69. The van der Waals surface area contributed by atoms with Crippen LogP contribution in [0.4, 0.5) is 0 Å². The molecule has 2 nitrogen and oxygen atoms in total. The van der Waals surface area contributed by atoms with E-state index in [1.807, 2.05) is 0 Å². The van der Waals surface area contributed by atoms with Crippen molar-refractivity contribution in [2.45, 2.75) is 0 Å². The van der Waals surface area contributed by atoms with Crippen LogP contribution in [0.15, 0.2) is 25.3 Å². The van der Waals surface area contributed by atoms with E-state index in [9.17, 15) is 0 Å². The first-order valence-corrected chi connectivity index (χ1v) is 2.34. The first kappa shape index (κ1) is 16.5. The second-order valence-electron chi connectivity index (χ2n) is 0.986. The largest absolute Gasteiger partial charge is 2.00 e. The number of nitrogens with one attached hydrogen (secondary N) is 2. The third kappa shape index (κ3) is 49.4. The van der Waals surface area contributed by atoms with E-state index in [4.69, 9.17) is 11.5 Å². The molecule has 0 atom stereocenters. The molecule has 0 radical (unpaired) electrons. The van der Waals surface area contributed by atoms with Gasteiger partial charge in [-0.2, -0.15) is 0 Å². The summed E-state index contributed by atoms with van der Waals surface area (Å²) < 4.78 is 0. The molecule has 0 rings (SSSR count). The van der Waals surface area contributed by atoms with Crippen LogP contribution in [0.2, 0.25) is 0 Å². The van der Waals surface area contributed by atoms with Crippen LogP contribution in [0.3, 0.4) is 0 Å². The molecule has 0 unspecified atom stereocenters. The van der Waals surface area contributed by atoms with Crippen molar-refractivity contribution in [3.05, 3.63) is 36.8 Å². The van der Waals surface area contributed by atoms with E-state index >= 15 is 0 Å². The van der Waals surface area contributed by atoms with Gasteiger partial charge in [0.05, 0.1) is 0 Å². The molecular formula is C6H12BaN2. The second kappa shape index (κ2) is 23.1. The Hall–Kier alpha value is 0.971. The van der Waals surface area contributed by atoms with Gasteiger partial charge in [-0.05, 0) is 0 Å². The van der Waals surface area contributed by atoms with E-state index < -0.39 is 0 Å². The van der Waals surface area contributed by atoms with Crippen molar-refractivity contribution in [3.8, 4) is 0 Å². The van der Waals surface area contributed by atoms with Crippen molar-refractivity contribution < 1.29 is 0 Å². The minimum Gasteiger partial charge on any atom is -0.674 e. The number of hydrogen-bond donors (Lipinski definition) is 0. The Balaban J connectivity index is -0.0000000720. The van der Waals surface area contributed by atoms with Crippen LogP contribution >= 0.6 is 0 Å². The van der Waals surface area contributed by atoms with E-state index in [1.54, 1.807) is 12.2 Å². The molecule has 0 aliphatic heterocycles. The van der Waals surface area contributed by atoms with Gasteiger partial charge >= 0.3 is 48.9 Å². The third-order valence-electron chi connectivity index (χ3n) is 0.289. The smallest absolute Gasteiger partial charge is 0.674 e. The average molecular weight is 250 g/mol. The summed E-state index contributed by atoms with van der Waals surface area (Å²) in [5.74, 6) is 0. The van der Waals surface area contributed by atoms with Crippen LogP contribution in [0.1, 0.15) is 0 Å². The SMILES string of the molecule is C=CC[NH-].C=CC[NH-].[Ba+2]. The fourth-order valence-electron chi connectivity index (χ4n) is 0. The Labute approximate surface area is 97.4 Å². The predicted octanol–water partition coefficient (Wildman–Crippen LogP) is 2.07. The molecule has 0 amide bonds. The van der Waals surface area contributed by atoms with Gasteiger partial charge in [-0.25, -0.2) is 0 Å². The Morgan fingerprint density at radius 1 is 1.00 bits per heavy atom. The Morgan fingerprint density at radius 3 is 1.11 bits per heavy atom. The summed E-state index contributed by atoms with van der Waals surface area (Å²) in [5.41, 5.74) is 12.7. The van der Waals surface area contributed by atoms with Gasteiger partial charge in [-0.1, -0.05) is 0 Å². The Kier molecular flexibility index (Phi) is 42.3. The fraction of sp³-hybridized carbons (Fsp3) is 0.333. The van der Waals surface area contributed by atoms with E-state index in [2.05, 4.69) is 13.2 Å². The molecule has 3 heteroatoms. The molecule has 48 valence electrons. The summed E-state index contributed by atoms with van der Waals surface area (Å²) in [6, 6.07) is 0. The topological polar surface area (TPSA) is 47.6 Å². The van der Waals surface area contributed by atoms with Gasteiger partial charge in [0.2, 0.25) is 0 Å². The second-order valence-corrected chi connectivity index (χ2v) is 0.986. The van der Waals surface area contributed by atoms with Gasteiger partial charge < -0.3 is 11.5 Å². The maximum Gasteiger partial charge on any atom is 2.00 e. The number of rotatable bonds is 2. The molecule has 0 bridgehead atoms. The summed E-state index contributed by atoms with van der Waals surface area (Å²) in [5, 5.41) is 0. The zero-order valence-corrected chi connectivity index (χ0v) is 10.1. The normalized spacial score (nSPS) is 5.56. The molecule has 0 spiro atoms. The van der Waals surface area contributed by atoms with Crippen LogP contribution in [0.5, 0.6) is 0 Å². The summed E-state index contributed by atoms with van der Waals surface area (Å²) in [7, 11) is 0. The average Bonchev–Trinajstić information content (AvgIpc) is 1.88. The molecule has 0 aromatic carbocycles. The van der Waals surface area contributed by atoms with Crippen LogP contribution < -0.4 is 0 Å². The van der Waals surface area contributed by atoms with Crippen molar-refractivity contribution in [2.75, 3.05) is 13.1 Å². The Bertz CT molecular complexity index is 47.0. The molecule has 0 aromatic heterocycles. The maximum atomic E-state index is 6.33. The van der Waals surface area contributed by atoms with Crippen molar-refractivity contribution in [1.82, 2.24) is 0 Å². The summed E-state index contributed by atoms with van der Waals surface area (Å²) in [6.45, 7) is 7.25. The van der Waals surface area contributed by atoms with Crippen molar-refractivity contribution >= 4 is 48.9 Å². The van der Waals surface area contributed by atoms with Crippen LogP contribution in [0, 0.1) is 0 Å². The van der Waals surface area contributed by atoms with Crippen molar-refractivity contribution in [3.63, 3.8) is 0 Å². The predicted molar refractivity (Wildman–Crippen MR) is 44.5 cm³/mol. The molecule has 0 aliphatic carbocycles. The fourth-order valence-corrected chi connectivity index (χ4v) is 0. The maximum absolute atomic E-state index is 6.33. The first-order valence-electron chi connectivity index (χ1n) is 2.34. The zero-order chi connectivity index (χ0) is 6.83. The van der Waals surface area contributed by atoms with Gasteiger partial charge in [0, 0.05) is 0 Å². The molecule has 0 saturated heterocycles. The first-order chi connectivity index (χ1) is 3.83. The van der Waals surface area contributed by atoms with Gasteiger partial charge in [0.15, 0.2) is 0 Å². The molecule has 0 saturated carbocycles. The molecule has 0 heterocycles. The summed E-state index contributed by atoms with van der Waals surface area (Å²) in [6.07, 6.45) is 3.08. The van der Waals surface area contributed by atoms with Crippen molar-refractivity contribution in [1.29, 1.82) is 0 Å². The molecule has 0 aliphatic rings. The van der Waals surface area contributed by atoms with E-state index in [0.29, 0.717) is 13.1 Å². The van der Waals surface area contributed by atoms with Gasteiger partial charge in [0.1, 0.15) is 0 Å². The van der Waals surface area contributed by atoms with E-state index in [-0.39, 0.29) is 48.9 Å². The van der Waals surface area contributed by atoms with Crippen LogP contribution in [-0.4, -0.2) is 62.0 Å². The standard InChI is InChI=1S/2C3H6N.Ba/c2*1-2-3-4;/h2*2,4H,1,3H2;/q2*-1;+2. The molecule has 9 heavy (non-hydrogen) atoms. The molecule has 2 N–H and O–H groups in total. The Morgan fingerprint density at radius 2 is 1.11 bits per heavy atom. The molecule has 0 fully saturated rings. The monoisotopic (exact) mass is 250 g/mol. The number of hydrogen-bond acceptors (Lipinski definition) is 0. The summed E-state index contributed by atoms with van der Waals surface area (Å²) in [4.78, 5) is 0. The minimum absolute atomic E-state index is 0. The van der Waals surface area contributed by atoms with E-state index in [0.717, 1.165) is 0 Å². The minimum atomic E-state index is 0. The molecular weight excluding hydrogens is 237 g/mol. The van der Waals surface area contributed by atoms with Crippen molar-refractivity contribution in [2.24, 2.45) is 0 Å². The van der Waals surface area contributed by atoms with Crippen LogP contribution in [0.25, 0.3) is 11.5 Å². The molecule has 0 aromatic rings. The van der Waals surface area contributed by atoms with Gasteiger partial charge in [-0.15, -0.1) is 38.4 Å². The third-order valence-corrected chi connectivity index (χ3v) is 0.289.